The normalized spacial score (nSPS) is 10.8. The SMILES string of the molecule is N#Cc1ccc(CCC=CC=CC(=O)O)cc1. The van der Waals surface area contributed by atoms with Crippen molar-refractivity contribution in [2.75, 3.05) is 0 Å². The quantitative estimate of drug-likeness (QED) is 0.621. The summed E-state index contributed by atoms with van der Waals surface area (Å²) in [6, 6.07) is 9.52. The molecule has 1 N–H and O–H groups in total. The summed E-state index contributed by atoms with van der Waals surface area (Å²) in [5.74, 6) is -0.943. The number of rotatable bonds is 5. The molecule has 0 aliphatic rings. The smallest absolute Gasteiger partial charge is 0.328 e. The van der Waals surface area contributed by atoms with E-state index in [1.54, 1.807) is 18.2 Å². The van der Waals surface area contributed by atoms with E-state index in [1.165, 1.54) is 6.08 Å². The number of allylic oxidation sites excluding steroid dienone is 3. The highest BCUT2D eigenvalue weighted by molar-refractivity contribution is 5.80. The Balaban J connectivity index is 2.36. The van der Waals surface area contributed by atoms with Crippen molar-refractivity contribution in [2.24, 2.45) is 0 Å². The highest BCUT2D eigenvalue weighted by Crippen LogP contribution is 2.06. The van der Waals surface area contributed by atoms with Crippen LogP contribution in [0.4, 0.5) is 0 Å². The first kappa shape index (κ1) is 12.7. The molecule has 1 aromatic rings. The average molecular weight is 227 g/mol. The van der Waals surface area contributed by atoms with Gasteiger partial charge in [0, 0.05) is 6.08 Å². The molecular weight excluding hydrogens is 214 g/mol. The minimum Gasteiger partial charge on any atom is -0.478 e. The standard InChI is InChI=1S/C14H13NO2/c15-11-13-9-7-12(8-10-13)5-3-1-2-4-6-14(16)17/h1-2,4,6-10H,3,5H2,(H,16,17). The molecule has 0 amide bonds. The Labute approximate surface area is 100 Å². The van der Waals surface area contributed by atoms with E-state index in [4.69, 9.17) is 10.4 Å². The first-order valence-corrected chi connectivity index (χ1v) is 5.27. The molecule has 0 heterocycles. The third-order valence-electron chi connectivity index (χ3n) is 2.17. The van der Waals surface area contributed by atoms with Crippen molar-refractivity contribution < 1.29 is 9.90 Å². The van der Waals surface area contributed by atoms with Crippen LogP contribution in [0.25, 0.3) is 0 Å². The zero-order chi connectivity index (χ0) is 12.5. The second-order valence-electron chi connectivity index (χ2n) is 3.47. The van der Waals surface area contributed by atoms with Gasteiger partial charge in [0.05, 0.1) is 11.6 Å². The van der Waals surface area contributed by atoms with Gasteiger partial charge in [-0.05, 0) is 30.5 Å². The second kappa shape index (κ2) is 7.02. The lowest BCUT2D eigenvalue weighted by atomic mass is 10.1. The molecule has 1 aromatic carbocycles. The fraction of sp³-hybridized carbons (Fsp3) is 0.143. The maximum atomic E-state index is 10.2. The van der Waals surface area contributed by atoms with Crippen LogP contribution >= 0.6 is 0 Å². The number of carbonyl (C=O) groups is 1. The van der Waals surface area contributed by atoms with E-state index < -0.39 is 5.97 Å². The minimum atomic E-state index is -0.943. The van der Waals surface area contributed by atoms with Crippen LogP contribution in [0.2, 0.25) is 0 Å². The molecule has 86 valence electrons. The second-order valence-corrected chi connectivity index (χ2v) is 3.47. The van der Waals surface area contributed by atoms with Crippen molar-refractivity contribution in [3.8, 4) is 6.07 Å². The third-order valence-corrected chi connectivity index (χ3v) is 2.17. The molecule has 17 heavy (non-hydrogen) atoms. The number of nitriles is 1. The van der Waals surface area contributed by atoms with E-state index in [2.05, 4.69) is 6.07 Å². The summed E-state index contributed by atoms with van der Waals surface area (Å²) >= 11 is 0. The third kappa shape index (κ3) is 5.33. The van der Waals surface area contributed by atoms with Crippen molar-refractivity contribution in [1.82, 2.24) is 0 Å². The summed E-state index contributed by atoms with van der Waals surface area (Å²) in [6.45, 7) is 0. The number of benzene rings is 1. The van der Waals surface area contributed by atoms with Crippen LogP contribution < -0.4 is 0 Å². The number of aliphatic carboxylic acids is 1. The number of hydrogen-bond donors (Lipinski definition) is 1. The first-order valence-electron chi connectivity index (χ1n) is 5.27. The van der Waals surface area contributed by atoms with Gasteiger partial charge in [-0.2, -0.15) is 5.26 Å². The van der Waals surface area contributed by atoms with Crippen molar-refractivity contribution in [3.05, 3.63) is 59.7 Å². The molecule has 0 radical (unpaired) electrons. The molecule has 3 heteroatoms. The Morgan fingerprint density at radius 3 is 2.59 bits per heavy atom. The van der Waals surface area contributed by atoms with E-state index >= 15 is 0 Å². The predicted octanol–water partition coefficient (Wildman–Crippen LogP) is 2.69. The van der Waals surface area contributed by atoms with Gasteiger partial charge in [-0.25, -0.2) is 4.79 Å². The molecule has 0 saturated heterocycles. The summed E-state index contributed by atoms with van der Waals surface area (Å²) in [4.78, 5) is 10.2. The van der Waals surface area contributed by atoms with E-state index in [0.29, 0.717) is 5.56 Å². The molecule has 0 atom stereocenters. The maximum absolute atomic E-state index is 10.2. The van der Waals surface area contributed by atoms with Gasteiger partial charge < -0.3 is 5.11 Å². The Morgan fingerprint density at radius 2 is 2.00 bits per heavy atom. The van der Waals surface area contributed by atoms with Gasteiger partial charge in [0.2, 0.25) is 0 Å². The van der Waals surface area contributed by atoms with Crippen LogP contribution in [0.3, 0.4) is 0 Å². The topological polar surface area (TPSA) is 61.1 Å². The average Bonchev–Trinajstić information content (AvgIpc) is 2.34. The molecule has 0 bridgehead atoms. The van der Waals surface area contributed by atoms with Gasteiger partial charge in [0.25, 0.3) is 0 Å². The fourth-order valence-corrected chi connectivity index (χ4v) is 1.31. The van der Waals surface area contributed by atoms with Gasteiger partial charge >= 0.3 is 5.97 Å². The van der Waals surface area contributed by atoms with Crippen LogP contribution in [-0.4, -0.2) is 11.1 Å². The molecule has 0 aliphatic heterocycles. The van der Waals surface area contributed by atoms with Gasteiger partial charge in [0.1, 0.15) is 0 Å². The minimum absolute atomic E-state index is 0.661. The Kier molecular flexibility index (Phi) is 5.26. The fourth-order valence-electron chi connectivity index (χ4n) is 1.31. The highest BCUT2D eigenvalue weighted by Gasteiger charge is 1.92. The maximum Gasteiger partial charge on any atom is 0.328 e. The van der Waals surface area contributed by atoms with Gasteiger partial charge in [-0.15, -0.1) is 0 Å². The number of hydrogen-bond acceptors (Lipinski definition) is 2. The zero-order valence-corrected chi connectivity index (χ0v) is 9.34. The van der Waals surface area contributed by atoms with E-state index in [-0.39, 0.29) is 0 Å². The van der Waals surface area contributed by atoms with Crippen LogP contribution in [0.5, 0.6) is 0 Å². The van der Waals surface area contributed by atoms with Crippen LogP contribution in [0.15, 0.2) is 48.6 Å². The predicted molar refractivity (Wildman–Crippen MR) is 65.4 cm³/mol. The van der Waals surface area contributed by atoms with E-state index in [9.17, 15) is 4.79 Å². The molecule has 0 spiro atoms. The summed E-state index contributed by atoms with van der Waals surface area (Å²) in [5, 5.41) is 17.0. The van der Waals surface area contributed by atoms with Gasteiger partial charge in [0.15, 0.2) is 0 Å². The highest BCUT2D eigenvalue weighted by atomic mass is 16.4. The van der Waals surface area contributed by atoms with Crippen LogP contribution in [0.1, 0.15) is 17.5 Å². The van der Waals surface area contributed by atoms with Crippen molar-refractivity contribution in [2.45, 2.75) is 12.8 Å². The lowest BCUT2D eigenvalue weighted by molar-refractivity contribution is -0.131. The van der Waals surface area contributed by atoms with Crippen molar-refractivity contribution in [1.29, 1.82) is 5.26 Å². The number of nitrogens with zero attached hydrogens (tertiary/aromatic N) is 1. The lowest BCUT2D eigenvalue weighted by Crippen LogP contribution is -1.85. The van der Waals surface area contributed by atoms with Crippen molar-refractivity contribution in [3.63, 3.8) is 0 Å². The molecular formula is C14H13NO2. The van der Waals surface area contributed by atoms with Crippen LogP contribution in [-0.2, 0) is 11.2 Å². The summed E-state index contributed by atoms with van der Waals surface area (Å²) in [6.07, 6.45) is 7.95. The zero-order valence-electron chi connectivity index (χ0n) is 9.34. The van der Waals surface area contributed by atoms with E-state index in [1.807, 2.05) is 18.2 Å². The number of carboxylic acids is 1. The first-order chi connectivity index (χ1) is 8.22. The largest absolute Gasteiger partial charge is 0.478 e. The summed E-state index contributed by atoms with van der Waals surface area (Å²) in [5.41, 5.74) is 1.82. The molecule has 0 saturated carbocycles. The monoisotopic (exact) mass is 227 g/mol. The summed E-state index contributed by atoms with van der Waals surface area (Å²) < 4.78 is 0. The molecule has 0 unspecified atom stereocenters. The molecule has 3 nitrogen and oxygen atoms in total. The molecule has 0 fully saturated rings. The number of carboxylic acid groups (broad SMARTS) is 1. The van der Waals surface area contributed by atoms with Gasteiger partial charge in [-0.3, -0.25) is 0 Å². The van der Waals surface area contributed by atoms with Crippen LogP contribution in [0, 0.1) is 11.3 Å². The van der Waals surface area contributed by atoms with Gasteiger partial charge in [-0.1, -0.05) is 30.4 Å². The molecule has 0 aliphatic carbocycles. The Bertz CT molecular complexity index is 464. The van der Waals surface area contributed by atoms with E-state index in [0.717, 1.165) is 24.5 Å². The van der Waals surface area contributed by atoms with Crippen molar-refractivity contribution >= 4 is 5.97 Å². The molecule has 0 aromatic heterocycles. The lowest BCUT2D eigenvalue weighted by Gasteiger charge is -1.97. The Hall–Kier alpha value is -2.34. The number of aryl methyl sites for hydroxylation is 1. The molecule has 1 rings (SSSR count). The Morgan fingerprint density at radius 1 is 1.29 bits per heavy atom. The summed E-state index contributed by atoms with van der Waals surface area (Å²) in [7, 11) is 0.